The lowest BCUT2D eigenvalue weighted by atomic mass is 10.2. The first-order chi connectivity index (χ1) is 8.82. The third kappa shape index (κ3) is 2.53. The Balaban J connectivity index is 2.50. The molecule has 19 heavy (non-hydrogen) atoms. The van der Waals surface area contributed by atoms with Gasteiger partial charge in [-0.2, -0.15) is 0 Å². The smallest absolute Gasteiger partial charge is 0.403 e. The van der Waals surface area contributed by atoms with Crippen LogP contribution < -0.4 is 0 Å². The fourth-order valence-electron chi connectivity index (χ4n) is 1.15. The average Bonchev–Trinajstić information content (AvgIpc) is 2.78. The topological polar surface area (TPSA) is 116 Å². The van der Waals surface area contributed by atoms with E-state index >= 15 is 0 Å². The molecule has 8 nitrogen and oxygen atoms in total. The maximum absolute atomic E-state index is 11.2. The van der Waals surface area contributed by atoms with Gasteiger partial charge in [-0.3, -0.25) is 0 Å². The normalized spacial score (nSPS) is 11.5. The Bertz CT molecular complexity index is 757. The van der Waals surface area contributed by atoms with Crippen LogP contribution in [-0.2, 0) is 10.0 Å². The van der Waals surface area contributed by atoms with Gasteiger partial charge in [-0.25, -0.2) is 10.1 Å². The number of benzene rings is 1. The molecule has 100 valence electrons. The van der Waals surface area contributed by atoms with Gasteiger partial charge in [-0.1, -0.05) is 28.3 Å². The summed E-state index contributed by atoms with van der Waals surface area (Å²) in [5.41, 5.74) is 0.211. The number of aromatic nitrogens is 2. The first kappa shape index (κ1) is 13.7. The van der Waals surface area contributed by atoms with Gasteiger partial charge in [0, 0.05) is 5.02 Å². The predicted octanol–water partition coefficient (Wildman–Crippen LogP) is 2.01. The van der Waals surface area contributed by atoms with Crippen molar-refractivity contribution in [2.24, 2.45) is 0 Å². The van der Waals surface area contributed by atoms with E-state index in [2.05, 4.69) is 10.2 Å². The van der Waals surface area contributed by atoms with Crippen molar-refractivity contribution in [3.05, 3.63) is 38.4 Å². The number of hydrogen-bond donors (Lipinski definition) is 0. The summed E-state index contributed by atoms with van der Waals surface area (Å²) < 4.78 is 25.5. The molecule has 1 aromatic heterocycles. The van der Waals surface area contributed by atoms with Crippen molar-refractivity contribution < 1.29 is 17.2 Å². The average molecular weight is 324 g/mol. The molecule has 0 aliphatic heterocycles. The molecule has 0 radical (unpaired) electrons. The lowest BCUT2D eigenvalue weighted by Gasteiger charge is -1.98. The molecule has 1 aromatic carbocycles. The Morgan fingerprint density at radius 1 is 1.26 bits per heavy atom. The first-order valence-electron chi connectivity index (χ1n) is 4.51. The highest BCUT2D eigenvalue weighted by atomic mass is 35.5. The standard InChI is InChI=1S/C8H3Cl2N3O5S/c9-4-1-2-5(6(10)3-4)7-11-12-8(18-7)19(16,17)13(14)15/h1-3H. The Morgan fingerprint density at radius 3 is 2.53 bits per heavy atom. The van der Waals surface area contributed by atoms with Crippen molar-refractivity contribution in [3.8, 4) is 11.5 Å². The lowest BCUT2D eigenvalue weighted by Crippen LogP contribution is -2.12. The van der Waals surface area contributed by atoms with Crippen LogP contribution in [0.3, 0.4) is 0 Å². The molecule has 0 unspecified atom stereocenters. The van der Waals surface area contributed by atoms with Gasteiger partial charge in [0.15, 0.2) is 4.33 Å². The zero-order valence-corrected chi connectivity index (χ0v) is 11.1. The molecule has 0 amide bonds. The van der Waals surface area contributed by atoms with Gasteiger partial charge in [-0.15, -0.1) is 13.5 Å². The number of hydrogen-bond acceptors (Lipinski definition) is 7. The zero-order chi connectivity index (χ0) is 14.2. The molecule has 0 fully saturated rings. The number of rotatable bonds is 3. The molecule has 11 heteroatoms. The summed E-state index contributed by atoms with van der Waals surface area (Å²) >= 11 is 11.5. The molecule has 0 saturated heterocycles. The number of nitro groups is 1. The lowest BCUT2D eigenvalue weighted by molar-refractivity contribution is -0.307. The first-order valence-corrected chi connectivity index (χ1v) is 6.70. The van der Waals surface area contributed by atoms with Crippen molar-refractivity contribution in [1.29, 1.82) is 0 Å². The van der Waals surface area contributed by atoms with Crippen LogP contribution >= 0.6 is 23.2 Å². The molecule has 2 rings (SSSR count). The van der Waals surface area contributed by atoms with Gasteiger partial charge in [-0.05, 0) is 18.2 Å². The fraction of sp³-hybridized carbons (Fsp3) is 0. The van der Waals surface area contributed by atoms with Gasteiger partial charge in [0.2, 0.25) is 0 Å². The van der Waals surface area contributed by atoms with Gasteiger partial charge in [0.05, 0.1) is 10.6 Å². The van der Waals surface area contributed by atoms with E-state index < -0.39 is 19.6 Å². The monoisotopic (exact) mass is 323 g/mol. The minimum atomic E-state index is -4.87. The molecule has 0 aliphatic carbocycles. The second kappa shape index (κ2) is 4.76. The zero-order valence-electron chi connectivity index (χ0n) is 8.78. The summed E-state index contributed by atoms with van der Waals surface area (Å²) in [4.78, 5) is 10.3. The number of nitrogens with zero attached hydrogens (tertiary/aromatic N) is 3. The van der Waals surface area contributed by atoms with Crippen LogP contribution in [-0.4, -0.2) is 22.9 Å². The van der Waals surface area contributed by atoms with E-state index in [9.17, 15) is 18.5 Å². The summed E-state index contributed by atoms with van der Waals surface area (Å²) in [6.45, 7) is 0. The summed E-state index contributed by atoms with van der Waals surface area (Å²) in [7, 11) is -4.87. The predicted molar refractivity (Wildman–Crippen MR) is 63.9 cm³/mol. The van der Waals surface area contributed by atoms with E-state index in [-0.39, 0.29) is 16.5 Å². The maximum atomic E-state index is 11.2. The number of sulfonamides is 1. The van der Waals surface area contributed by atoms with E-state index in [4.69, 9.17) is 27.6 Å². The fourth-order valence-corrected chi connectivity index (χ4v) is 2.09. The molecule has 0 N–H and O–H groups in total. The van der Waals surface area contributed by atoms with Crippen LogP contribution in [0, 0.1) is 10.1 Å². The Kier molecular flexibility index (Phi) is 3.43. The number of halogens is 2. The molecule has 2 aromatic rings. The van der Waals surface area contributed by atoms with Gasteiger partial charge < -0.3 is 4.42 Å². The largest absolute Gasteiger partial charge is 0.504 e. The molecule has 0 spiro atoms. The van der Waals surface area contributed by atoms with Crippen molar-refractivity contribution >= 4 is 33.2 Å². The van der Waals surface area contributed by atoms with Crippen LogP contribution in [0.2, 0.25) is 10.0 Å². The van der Waals surface area contributed by atoms with Gasteiger partial charge in [0.25, 0.3) is 5.89 Å². The van der Waals surface area contributed by atoms with Gasteiger partial charge >= 0.3 is 15.2 Å². The van der Waals surface area contributed by atoms with Crippen LogP contribution in [0.5, 0.6) is 0 Å². The van der Waals surface area contributed by atoms with E-state index in [1.54, 1.807) is 0 Å². The van der Waals surface area contributed by atoms with Crippen molar-refractivity contribution in [3.63, 3.8) is 0 Å². The van der Waals surface area contributed by atoms with E-state index in [0.29, 0.717) is 5.02 Å². The minimum absolute atomic E-state index is 0.140. The molecule has 0 atom stereocenters. The third-order valence-electron chi connectivity index (χ3n) is 1.98. The SMILES string of the molecule is O=[N+]([O-])S(=O)(=O)c1nnc(-c2ccc(Cl)cc2Cl)o1. The molecular formula is C8H3Cl2N3O5S. The maximum Gasteiger partial charge on any atom is 0.504 e. The van der Waals surface area contributed by atoms with Crippen molar-refractivity contribution in [2.75, 3.05) is 0 Å². The van der Waals surface area contributed by atoms with Crippen LogP contribution in [0.15, 0.2) is 27.8 Å². The Labute approximate surface area is 116 Å². The summed E-state index contributed by atoms with van der Waals surface area (Å²) in [6, 6.07) is 4.26. The van der Waals surface area contributed by atoms with E-state index in [1.807, 2.05) is 0 Å². The Hall–Kier alpha value is -1.71. The minimum Gasteiger partial charge on any atom is -0.403 e. The highest BCUT2D eigenvalue weighted by molar-refractivity contribution is 7.85. The highest BCUT2D eigenvalue weighted by Gasteiger charge is 2.35. The molecule has 0 bridgehead atoms. The molecule has 0 aliphatic rings. The third-order valence-corrected chi connectivity index (χ3v) is 3.53. The second-order valence-electron chi connectivity index (χ2n) is 3.20. The van der Waals surface area contributed by atoms with Crippen LogP contribution in [0.4, 0.5) is 0 Å². The molecule has 0 saturated carbocycles. The van der Waals surface area contributed by atoms with E-state index in [1.165, 1.54) is 18.2 Å². The molecule has 1 heterocycles. The quantitative estimate of drug-likeness (QED) is 0.626. The summed E-state index contributed by atoms with van der Waals surface area (Å²) in [5.74, 6) is -0.262. The second-order valence-corrected chi connectivity index (χ2v) is 5.64. The van der Waals surface area contributed by atoms with Gasteiger partial charge in [0.1, 0.15) is 0 Å². The van der Waals surface area contributed by atoms with Crippen LogP contribution in [0.25, 0.3) is 11.5 Å². The highest BCUT2D eigenvalue weighted by Crippen LogP contribution is 2.30. The molecular weight excluding hydrogens is 321 g/mol. The van der Waals surface area contributed by atoms with Crippen molar-refractivity contribution in [1.82, 2.24) is 10.2 Å². The van der Waals surface area contributed by atoms with Crippen molar-refractivity contribution in [2.45, 2.75) is 5.22 Å². The Morgan fingerprint density at radius 2 is 1.95 bits per heavy atom. The summed E-state index contributed by atoms with van der Waals surface area (Å²) in [6.07, 6.45) is 0. The van der Waals surface area contributed by atoms with E-state index in [0.717, 1.165) is 0 Å². The van der Waals surface area contributed by atoms with Crippen LogP contribution in [0.1, 0.15) is 0 Å². The summed E-state index contributed by atoms with van der Waals surface area (Å²) in [5, 5.41) is 16.2.